The van der Waals surface area contributed by atoms with Crippen LogP contribution in [0.1, 0.15) is 48.3 Å². The van der Waals surface area contributed by atoms with E-state index in [1.54, 1.807) is 26.0 Å². The van der Waals surface area contributed by atoms with Crippen LogP contribution in [0.25, 0.3) is 0 Å². The number of carboxylic acid groups (broad SMARTS) is 1. The number of aromatic amines is 1. The van der Waals surface area contributed by atoms with E-state index in [0.717, 1.165) is 16.7 Å². The molecule has 1 aliphatic heterocycles. The third-order valence-electron chi connectivity index (χ3n) is 9.35. The second-order valence-electron chi connectivity index (χ2n) is 13.3. The number of pyridine rings is 1. The monoisotopic (exact) mass is 744 g/mol. The highest BCUT2D eigenvalue weighted by Crippen LogP contribution is 2.37. The van der Waals surface area contributed by atoms with Crippen molar-refractivity contribution in [3.05, 3.63) is 137 Å². The zero-order valence-corrected chi connectivity index (χ0v) is 30.0. The fourth-order valence-corrected chi connectivity index (χ4v) is 6.79. The third kappa shape index (κ3) is 8.32. The van der Waals surface area contributed by atoms with Crippen molar-refractivity contribution in [3.8, 4) is 0 Å². The molecule has 1 aliphatic rings. The molecule has 5 aromatic rings. The van der Waals surface area contributed by atoms with Crippen LogP contribution >= 0.6 is 0 Å². The molecular weight excluding hydrogens is 704 g/mol. The van der Waals surface area contributed by atoms with Gasteiger partial charge in [0.2, 0.25) is 17.7 Å². The first kappa shape index (κ1) is 37.8. The third-order valence-corrected chi connectivity index (χ3v) is 9.35. The maximum atomic E-state index is 14.9. The van der Waals surface area contributed by atoms with Gasteiger partial charge in [-0.1, -0.05) is 116 Å². The zero-order valence-electron chi connectivity index (χ0n) is 30.0. The van der Waals surface area contributed by atoms with Crippen LogP contribution < -0.4 is 26.2 Å². The summed E-state index contributed by atoms with van der Waals surface area (Å²) in [4.78, 5) is 74.3. The molecule has 6 rings (SSSR count). The lowest BCUT2D eigenvalue weighted by molar-refractivity contribution is -0.132. The summed E-state index contributed by atoms with van der Waals surface area (Å²) in [5, 5.41) is 33.8. The van der Waals surface area contributed by atoms with Crippen molar-refractivity contribution in [1.29, 1.82) is 0 Å². The van der Waals surface area contributed by atoms with E-state index in [0.29, 0.717) is 5.56 Å². The number of rotatable bonds is 14. The molecule has 16 nitrogen and oxygen atoms in total. The molecule has 3 unspecified atom stereocenters. The summed E-state index contributed by atoms with van der Waals surface area (Å²) in [6, 6.07) is 27.5. The zero-order chi connectivity index (χ0) is 39.0. The van der Waals surface area contributed by atoms with Crippen molar-refractivity contribution in [2.45, 2.75) is 56.9 Å². The largest absolute Gasteiger partial charge is 0.465 e. The summed E-state index contributed by atoms with van der Waals surface area (Å²) in [5.41, 5.74) is 1.54. The van der Waals surface area contributed by atoms with Gasteiger partial charge in [-0.25, -0.2) is 9.78 Å². The molecule has 3 aromatic carbocycles. The van der Waals surface area contributed by atoms with Crippen molar-refractivity contribution in [2.75, 3.05) is 4.90 Å². The number of nitrogens with one attached hydrogen (secondary N) is 5. The van der Waals surface area contributed by atoms with Crippen LogP contribution in [0.3, 0.4) is 0 Å². The Morgan fingerprint density at radius 1 is 0.855 bits per heavy atom. The van der Waals surface area contributed by atoms with Gasteiger partial charge in [-0.2, -0.15) is 5.21 Å². The number of nitrogens with zero attached hydrogens (tertiary/aromatic N) is 5. The van der Waals surface area contributed by atoms with E-state index in [-0.39, 0.29) is 24.6 Å². The summed E-state index contributed by atoms with van der Waals surface area (Å²) < 4.78 is 0. The van der Waals surface area contributed by atoms with E-state index in [9.17, 15) is 29.1 Å². The standard InChI is InChI=1S/C39H40N10O6/c1-24(2)33(43-38(54)55)36(52)42-29(37(53)49-30(21-25-13-12-20-40-34(25)49)35(51)41-23-31-45-47-48-46-31)22-32(50)44-39(26-14-6-3-7-15-26,27-16-8-4-9-17-27)28-18-10-5-11-19-28/h3-20,24,29-30,33,43H,21-23H2,1-2H3,(H,41,51)(H,42,52)(H,44,50)(H,54,55)(H,45,46,47,48). The van der Waals surface area contributed by atoms with E-state index in [1.807, 2.05) is 91.0 Å². The molecule has 3 atom stereocenters. The quantitative estimate of drug-likeness (QED) is 0.0911. The van der Waals surface area contributed by atoms with Gasteiger partial charge in [0, 0.05) is 12.6 Å². The number of hydrogen-bond donors (Lipinski definition) is 6. The second-order valence-corrected chi connectivity index (χ2v) is 13.3. The van der Waals surface area contributed by atoms with Gasteiger partial charge in [0.15, 0.2) is 5.82 Å². The van der Waals surface area contributed by atoms with Crippen molar-refractivity contribution >= 4 is 35.5 Å². The number of carbonyl (C=O) groups excluding carboxylic acids is 4. The first-order valence-electron chi connectivity index (χ1n) is 17.6. The van der Waals surface area contributed by atoms with E-state index >= 15 is 0 Å². The Hall–Kier alpha value is -6.97. The number of amides is 5. The van der Waals surface area contributed by atoms with Crippen LogP contribution in [-0.4, -0.2) is 78.6 Å². The summed E-state index contributed by atoms with van der Waals surface area (Å²) in [5.74, 6) is -2.95. The Kier molecular flexibility index (Phi) is 11.5. The van der Waals surface area contributed by atoms with Gasteiger partial charge in [0.25, 0.3) is 5.91 Å². The van der Waals surface area contributed by atoms with E-state index < -0.39 is 65.7 Å². The number of tetrazole rings is 1. The molecule has 0 saturated heterocycles. The number of aromatic nitrogens is 5. The molecule has 0 fully saturated rings. The predicted octanol–water partition coefficient (Wildman–Crippen LogP) is 2.44. The maximum Gasteiger partial charge on any atom is 0.405 e. The van der Waals surface area contributed by atoms with Gasteiger partial charge >= 0.3 is 6.09 Å². The van der Waals surface area contributed by atoms with Crippen molar-refractivity contribution in [1.82, 2.24) is 46.9 Å². The molecule has 5 amide bonds. The number of carbonyl (C=O) groups is 5. The Bertz CT molecular complexity index is 2020. The average molecular weight is 745 g/mol. The van der Waals surface area contributed by atoms with E-state index in [1.165, 1.54) is 11.1 Å². The van der Waals surface area contributed by atoms with Gasteiger partial charge in [-0.3, -0.25) is 24.1 Å². The summed E-state index contributed by atoms with van der Waals surface area (Å²) in [6.45, 7) is 3.20. The molecule has 0 spiro atoms. The Morgan fingerprint density at radius 3 is 1.98 bits per heavy atom. The fraction of sp³-hybridized carbons (Fsp3) is 0.256. The first-order chi connectivity index (χ1) is 26.6. The van der Waals surface area contributed by atoms with Crippen molar-refractivity contribution < 1.29 is 29.1 Å². The Labute approximate surface area is 316 Å². The molecule has 2 aromatic heterocycles. The molecule has 55 heavy (non-hydrogen) atoms. The topological polar surface area (TPSA) is 224 Å². The predicted molar refractivity (Wildman–Crippen MR) is 199 cm³/mol. The first-order valence-corrected chi connectivity index (χ1v) is 17.6. The highest BCUT2D eigenvalue weighted by molar-refractivity contribution is 6.07. The normalized spacial score (nSPS) is 14.7. The average Bonchev–Trinajstić information content (AvgIpc) is 3.87. The second kappa shape index (κ2) is 16.8. The molecule has 6 N–H and O–H groups in total. The van der Waals surface area contributed by atoms with Crippen LogP contribution in [0, 0.1) is 5.92 Å². The van der Waals surface area contributed by atoms with Crippen LogP contribution in [0.2, 0.25) is 0 Å². The molecule has 0 saturated carbocycles. The molecule has 282 valence electrons. The van der Waals surface area contributed by atoms with E-state index in [4.69, 9.17) is 0 Å². The maximum absolute atomic E-state index is 14.9. The van der Waals surface area contributed by atoms with E-state index in [2.05, 4.69) is 46.9 Å². The fourth-order valence-electron chi connectivity index (χ4n) is 6.79. The molecule has 0 radical (unpaired) electrons. The molecule has 3 heterocycles. The van der Waals surface area contributed by atoms with Gasteiger partial charge in [0.1, 0.15) is 29.5 Å². The minimum atomic E-state index is -1.58. The van der Waals surface area contributed by atoms with Gasteiger partial charge in [-0.15, -0.1) is 10.2 Å². The lowest BCUT2D eigenvalue weighted by atomic mass is 9.77. The lowest BCUT2D eigenvalue weighted by Gasteiger charge is -2.37. The molecular formula is C39H40N10O6. The summed E-state index contributed by atoms with van der Waals surface area (Å²) in [7, 11) is 0. The highest BCUT2D eigenvalue weighted by atomic mass is 16.4. The Morgan fingerprint density at radius 2 is 1.45 bits per heavy atom. The van der Waals surface area contributed by atoms with Gasteiger partial charge in [-0.05, 0) is 34.2 Å². The number of fused-ring (bicyclic) bond motifs is 1. The van der Waals surface area contributed by atoms with Crippen LogP contribution in [0.15, 0.2) is 109 Å². The number of H-pyrrole nitrogens is 1. The minimum absolute atomic E-state index is 0.0856. The summed E-state index contributed by atoms with van der Waals surface area (Å²) in [6.07, 6.45) is -0.469. The van der Waals surface area contributed by atoms with Crippen LogP contribution in [0.5, 0.6) is 0 Å². The number of anilines is 1. The molecule has 16 heteroatoms. The Balaban J connectivity index is 1.39. The summed E-state index contributed by atoms with van der Waals surface area (Å²) >= 11 is 0. The smallest absolute Gasteiger partial charge is 0.405 e. The minimum Gasteiger partial charge on any atom is -0.465 e. The van der Waals surface area contributed by atoms with Crippen LogP contribution in [0.4, 0.5) is 10.6 Å². The number of benzene rings is 3. The lowest BCUT2D eigenvalue weighted by Crippen LogP contribution is -2.59. The molecule has 0 aliphatic carbocycles. The molecule has 0 bridgehead atoms. The number of hydrogen-bond acceptors (Lipinski definition) is 9. The van der Waals surface area contributed by atoms with Crippen LogP contribution in [-0.2, 0) is 37.7 Å². The van der Waals surface area contributed by atoms with Gasteiger partial charge in [0.05, 0.1) is 13.0 Å². The van der Waals surface area contributed by atoms with Gasteiger partial charge < -0.3 is 26.4 Å². The SMILES string of the molecule is CC(C)C(NC(=O)O)C(=O)NC(CC(=O)NC(c1ccccc1)(c1ccccc1)c1ccccc1)C(=O)N1c2ncccc2CC1C(=O)NCc1nn[nH]n1. The van der Waals surface area contributed by atoms with Crippen molar-refractivity contribution in [3.63, 3.8) is 0 Å². The highest BCUT2D eigenvalue weighted by Gasteiger charge is 2.44. The van der Waals surface area contributed by atoms with Crippen molar-refractivity contribution in [2.24, 2.45) is 5.92 Å².